The first-order valence-electron chi connectivity index (χ1n) is 9.44. The molecule has 0 radical (unpaired) electrons. The van der Waals surface area contributed by atoms with E-state index in [-0.39, 0.29) is 29.6 Å². The van der Waals surface area contributed by atoms with Gasteiger partial charge in [0.05, 0.1) is 6.04 Å². The van der Waals surface area contributed by atoms with E-state index in [4.69, 9.17) is 0 Å². The van der Waals surface area contributed by atoms with Crippen LogP contribution in [0, 0.1) is 5.82 Å². The monoisotopic (exact) mass is 370 g/mol. The zero-order valence-electron chi connectivity index (χ0n) is 15.9. The molecule has 144 valence electrons. The van der Waals surface area contributed by atoms with Crippen LogP contribution in [0.5, 0.6) is 5.75 Å². The third-order valence-corrected chi connectivity index (χ3v) is 5.36. The van der Waals surface area contributed by atoms with Crippen LogP contribution in [0.4, 0.5) is 4.39 Å². The Hall–Kier alpha value is -2.40. The number of fused-ring (bicyclic) bond motifs is 1. The SMILES string of the molecule is CN(C)[C@H](CCC(=O)NC1CCc2ccc(F)cc21)Cc1ccc(O)cc1. The van der Waals surface area contributed by atoms with Gasteiger partial charge in [-0.25, -0.2) is 4.39 Å². The van der Waals surface area contributed by atoms with E-state index < -0.39 is 0 Å². The summed E-state index contributed by atoms with van der Waals surface area (Å²) in [5.74, 6) is 0.0129. The van der Waals surface area contributed by atoms with E-state index in [1.54, 1.807) is 18.2 Å². The minimum Gasteiger partial charge on any atom is -0.508 e. The molecule has 1 aliphatic rings. The summed E-state index contributed by atoms with van der Waals surface area (Å²) in [6.07, 6.45) is 3.69. The molecule has 2 atom stereocenters. The topological polar surface area (TPSA) is 52.6 Å². The molecule has 0 aromatic heterocycles. The van der Waals surface area contributed by atoms with Crippen LogP contribution in [0.25, 0.3) is 0 Å². The van der Waals surface area contributed by atoms with Crippen LogP contribution >= 0.6 is 0 Å². The molecule has 0 saturated carbocycles. The Morgan fingerprint density at radius 2 is 2.00 bits per heavy atom. The lowest BCUT2D eigenvalue weighted by Gasteiger charge is -2.24. The van der Waals surface area contributed by atoms with Crippen molar-refractivity contribution in [1.82, 2.24) is 10.2 Å². The minimum atomic E-state index is -0.253. The highest BCUT2D eigenvalue weighted by Gasteiger charge is 2.24. The highest BCUT2D eigenvalue weighted by atomic mass is 19.1. The van der Waals surface area contributed by atoms with Gasteiger partial charge in [0.15, 0.2) is 0 Å². The van der Waals surface area contributed by atoms with E-state index in [9.17, 15) is 14.3 Å². The Labute approximate surface area is 160 Å². The molecule has 2 N–H and O–H groups in total. The second-order valence-corrected chi connectivity index (χ2v) is 7.53. The van der Waals surface area contributed by atoms with Gasteiger partial charge in [-0.3, -0.25) is 4.79 Å². The number of phenols is 1. The lowest BCUT2D eigenvalue weighted by Crippen LogP contribution is -2.33. The smallest absolute Gasteiger partial charge is 0.220 e. The first kappa shape index (κ1) is 19.4. The summed E-state index contributed by atoms with van der Waals surface area (Å²) in [5.41, 5.74) is 3.17. The Bertz CT molecular complexity index is 789. The van der Waals surface area contributed by atoms with Crippen molar-refractivity contribution in [3.63, 3.8) is 0 Å². The minimum absolute atomic E-state index is 0.00895. The molecule has 0 bridgehead atoms. The molecule has 2 aromatic carbocycles. The molecule has 0 aliphatic heterocycles. The summed E-state index contributed by atoms with van der Waals surface area (Å²) >= 11 is 0. The van der Waals surface area contributed by atoms with Crippen molar-refractivity contribution in [1.29, 1.82) is 0 Å². The standard InChI is InChI=1S/C22H27FN2O2/c1-25(2)18(13-15-3-9-19(26)10-4-15)8-12-22(27)24-21-11-6-16-5-7-17(23)14-20(16)21/h3-5,7,9-10,14,18,21,26H,6,8,11-13H2,1-2H3,(H,24,27)/t18-,21?/m1/s1. The molecule has 1 amide bonds. The highest BCUT2D eigenvalue weighted by molar-refractivity contribution is 5.76. The van der Waals surface area contributed by atoms with Crippen molar-refractivity contribution >= 4 is 5.91 Å². The number of likely N-dealkylation sites (N-methyl/N-ethyl adjacent to an activating group) is 1. The van der Waals surface area contributed by atoms with Gasteiger partial charge < -0.3 is 15.3 Å². The average Bonchev–Trinajstić information content (AvgIpc) is 3.02. The lowest BCUT2D eigenvalue weighted by atomic mass is 10.0. The van der Waals surface area contributed by atoms with E-state index in [1.165, 1.54) is 6.07 Å². The first-order valence-corrected chi connectivity index (χ1v) is 9.44. The highest BCUT2D eigenvalue weighted by Crippen LogP contribution is 2.31. The Kier molecular flexibility index (Phi) is 6.11. The maximum atomic E-state index is 13.5. The van der Waals surface area contributed by atoms with Crippen LogP contribution in [0.3, 0.4) is 0 Å². The lowest BCUT2D eigenvalue weighted by molar-refractivity contribution is -0.122. The van der Waals surface area contributed by atoms with Gasteiger partial charge in [-0.2, -0.15) is 0 Å². The fourth-order valence-electron chi connectivity index (χ4n) is 3.73. The van der Waals surface area contributed by atoms with Crippen molar-refractivity contribution in [3.8, 4) is 5.75 Å². The number of amides is 1. The molecule has 0 saturated heterocycles. The van der Waals surface area contributed by atoms with Crippen LogP contribution in [-0.2, 0) is 17.6 Å². The number of aryl methyl sites for hydroxylation is 1. The van der Waals surface area contributed by atoms with Gasteiger partial charge in [-0.1, -0.05) is 18.2 Å². The predicted octanol–water partition coefficient (Wildman–Crippen LogP) is 3.59. The first-order chi connectivity index (χ1) is 12.9. The van der Waals surface area contributed by atoms with Crippen molar-refractivity contribution in [2.45, 2.75) is 44.2 Å². The number of phenolic OH excluding ortho intramolecular Hbond substituents is 1. The molecule has 27 heavy (non-hydrogen) atoms. The quantitative estimate of drug-likeness (QED) is 0.783. The molecular weight excluding hydrogens is 343 g/mol. The average molecular weight is 370 g/mol. The van der Waals surface area contributed by atoms with E-state index in [1.807, 2.05) is 32.3 Å². The van der Waals surface area contributed by atoms with Gasteiger partial charge in [-0.15, -0.1) is 0 Å². The number of rotatable bonds is 7. The second-order valence-electron chi connectivity index (χ2n) is 7.53. The number of aromatic hydroxyl groups is 1. The molecule has 1 aliphatic carbocycles. The maximum absolute atomic E-state index is 13.5. The summed E-state index contributed by atoms with van der Waals surface area (Å²) in [6.45, 7) is 0. The van der Waals surface area contributed by atoms with E-state index in [0.717, 1.165) is 42.4 Å². The predicted molar refractivity (Wildman–Crippen MR) is 104 cm³/mol. The zero-order chi connectivity index (χ0) is 19.4. The third kappa shape index (κ3) is 5.07. The van der Waals surface area contributed by atoms with Gasteiger partial charge in [-0.05, 0) is 80.7 Å². The van der Waals surface area contributed by atoms with Gasteiger partial charge in [0, 0.05) is 12.5 Å². The molecule has 0 fully saturated rings. The van der Waals surface area contributed by atoms with Crippen LogP contribution in [0.1, 0.15) is 42.0 Å². The number of benzene rings is 2. The number of carbonyl (C=O) groups excluding carboxylic acids is 1. The Morgan fingerprint density at radius 1 is 1.26 bits per heavy atom. The number of halogens is 1. The summed E-state index contributed by atoms with van der Waals surface area (Å²) in [6, 6.07) is 12.2. The third-order valence-electron chi connectivity index (χ3n) is 5.36. The fourth-order valence-corrected chi connectivity index (χ4v) is 3.73. The van der Waals surface area contributed by atoms with Gasteiger partial charge in [0.1, 0.15) is 11.6 Å². The van der Waals surface area contributed by atoms with E-state index in [0.29, 0.717) is 6.42 Å². The number of hydrogen-bond donors (Lipinski definition) is 2. The number of nitrogens with one attached hydrogen (secondary N) is 1. The van der Waals surface area contributed by atoms with E-state index >= 15 is 0 Å². The molecular formula is C22H27FN2O2. The molecule has 1 unspecified atom stereocenters. The summed E-state index contributed by atoms with van der Waals surface area (Å²) < 4.78 is 13.5. The normalized spacial score (nSPS) is 17.0. The molecule has 5 heteroatoms. The largest absolute Gasteiger partial charge is 0.508 e. The van der Waals surface area contributed by atoms with Crippen molar-refractivity contribution in [2.75, 3.05) is 14.1 Å². The number of hydrogen-bond acceptors (Lipinski definition) is 3. The molecule has 0 spiro atoms. The van der Waals surface area contributed by atoms with Crippen LogP contribution in [0.15, 0.2) is 42.5 Å². The maximum Gasteiger partial charge on any atom is 0.220 e. The van der Waals surface area contributed by atoms with Crippen molar-refractivity contribution in [2.24, 2.45) is 0 Å². The van der Waals surface area contributed by atoms with Crippen LogP contribution in [0.2, 0.25) is 0 Å². The molecule has 4 nitrogen and oxygen atoms in total. The van der Waals surface area contributed by atoms with Crippen molar-refractivity contribution < 1.29 is 14.3 Å². The van der Waals surface area contributed by atoms with Crippen LogP contribution in [-0.4, -0.2) is 36.1 Å². The summed E-state index contributed by atoms with van der Waals surface area (Å²) in [5, 5.41) is 12.5. The Morgan fingerprint density at radius 3 is 2.70 bits per heavy atom. The number of nitrogens with zero attached hydrogens (tertiary/aromatic N) is 1. The Balaban J connectivity index is 1.54. The second kappa shape index (κ2) is 8.53. The molecule has 3 rings (SSSR count). The van der Waals surface area contributed by atoms with Gasteiger partial charge >= 0.3 is 0 Å². The molecule has 0 heterocycles. The van der Waals surface area contributed by atoms with Crippen LogP contribution < -0.4 is 5.32 Å². The van der Waals surface area contributed by atoms with Gasteiger partial charge in [0.25, 0.3) is 0 Å². The number of carbonyl (C=O) groups is 1. The van der Waals surface area contributed by atoms with Gasteiger partial charge in [0.2, 0.25) is 5.91 Å². The molecule has 2 aromatic rings. The summed E-state index contributed by atoms with van der Waals surface area (Å²) in [7, 11) is 4.03. The summed E-state index contributed by atoms with van der Waals surface area (Å²) in [4.78, 5) is 14.6. The zero-order valence-corrected chi connectivity index (χ0v) is 15.9. The van der Waals surface area contributed by atoms with E-state index in [2.05, 4.69) is 10.2 Å². The fraction of sp³-hybridized carbons (Fsp3) is 0.409. The van der Waals surface area contributed by atoms with Crippen molar-refractivity contribution in [3.05, 3.63) is 65.0 Å².